The third-order valence-corrected chi connectivity index (χ3v) is 10.3. The van der Waals surface area contributed by atoms with Crippen LogP contribution in [0, 0.1) is 0 Å². The first-order valence-electron chi connectivity index (χ1n) is 11.0. The van der Waals surface area contributed by atoms with Crippen molar-refractivity contribution in [2.45, 2.75) is 9.75 Å². The fourth-order valence-electron chi connectivity index (χ4n) is 4.30. The maximum absolute atomic E-state index is 14.0. The van der Waals surface area contributed by atoms with E-state index in [0.29, 0.717) is 32.3 Å². The van der Waals surface area contributed by atoms with E-state index in [9.17, 15) is 8.42 Å². The first-order chi connectivity index (χ1) is 17.4. The van der Waals surface area contributed by atoms with Crippen LogP contribution in [-0.2, 0) is 19.6 Å². The molecule has 192 valence electrons. The summed E-state index contributed by atoms with van der Waals surface area (Å²) in [7, 11) is -4.02. The quantitative estimate of drug-likeness (QED) is 0.181. The summed E-state index contributed by atoms with van der Waals surface area (Å²) in [5, 5.41) is 1.33. The Bertz CT molecular complexity index is 1400. The fourth-order valence-corrected chi connectivity index (χ4v) is 8.82. The summed E-state index contributed by atoms with van der Waals surface area (Å²) in [4.78, 5) is -3.09. The van der Waals surface area contributed by atoms with E-state index in [2.05, 4.69) is 0 Å². The molecule has 0 aromatic heterocycles. The molecule has 0 aliphatic carbocycles. The second-order valence-electron chi connectivity index (χ2n) is 8.61. The van der Waals surface area contributed by atoms with Gasteiger partial charge in [0.05, 0.1) is 11.5 Å². The lowest BCUT2D eigenvalue weighted by Crippen LogP contribution is -2.38. The molecule has 0 radical (unpaired) electrons. The van der Waals surface area contributed by atoms with Crippen LogP contribution in [0.3, 0.4) is 0 Å². The van der Waals surface area contributed by atoms with Crippen molar-refractivity contribution >= 4 is 79.4 Å². The third kappa shape index (κ3) is 6.25. The molecular weight excluding hydrogens is 613 g/mol. The lowest BCUT2D eigenvalue weighted by atomic mass is 9.91. The van der Waals surface area contributed by atoms with Crippen LogP contribution in [0.1, 0.15) is 22.3 Å². The van der Waals surface area contributed by atoms with Crippen LogP contribution in [-0.4, -0.2) is 19.9 Å². The van der Waals surface area contributed by atoms with Gasteiger partial charge in [-0.1, -0.05) is 107 Å². The smallest absolute Gasteiger partial charge is 0.155 e. The molecule has 4 rings (SSSR count). The van der Waals surface area contributed by atoms with Crippen molar-refractivity contribution in [3.05, 3.63) is 139 Å². The molecule has 0 fully saturated rings. The summed E-state index contributed by atoms with van der Waals surface area (Å²) in [5.41, 5.74) is 1.84. The second-order valence-corrected chi connectivity index (χ2v) is 13.7. The molecule has 0 heterocycles. The largest absolute Gasteiger partial charge is 0.229 e. The predicted molar refractivity (Wildman–Crippen MR) is 158 cm³/mol. The van der Waals surface area contributed by atoms with E-state index in [0.717, 1.165) is 0 Å². The van der Waals surface area contributed by atoms with E-state index in [1.54, 1.807) is 84.9 Å². The minimum atomic E-state index is -4.02. The number of benzene rings is 4. The highest BCUT2D eigenvalue weighted by molar-refractivity contribution is 7.91. The summed E-state index contributed by atoms with van der Waals surface area (Å²) in [5.74, 6) is -1.02. The van der Waals surface area contributed by atoms with Crippen molar-refractivity contribution in [1.29, 1.82) is 0 Å². The van der Waals surface area contributed by atoms with Crippen LogP contribution in [0.15, 0.2) is 97.1 Å². The standard InChI is InChI=1S/C28H20Cl6O2S/c29-21-11-13-25(31)23(15-21)27(33,19-7-3-1-4-8-19)17-37(35,36)18-28(34,20-9-5-2-6-10-20)24-16-22(30)12-14-26(24)32/h1-16H,17-18H2. The maximum atomic E-state index is 14.0. The van der Waals surface area contributed by atoms with E-state index in [4.69, 9.17) is 69.6 Å². The van der Waals surface area contributed by atoms with Gasteiger partial charge in [-0.3, -0.25) is 0 Å². The van der Waals surface area contributed by atoms with Crippen molar-refractivity contribution in [3.63, 3.8) is 0 Å². The Hall–Kier alpha value is -1.43. The average molecular weight is 633 g/mol. The van der Waals surface area contributed by atoms with Gasteiger partial charge in [0.1, 0.15) is 9.75 Å². The summed E-state index contributed by atoms with van der Waals surface area (Å²) in [6.45, 7) is 0. The van der Waals surface area contributed by atoms with Gasteiger partial charge in [0, 0.05) is 20.1 Å². The van der Waals surface area contributed by atoms with E-state index >= 15 is 0 Å². The number of alkyl halides is 2. The van der Waals surface area contributed by atoms with Crippen molar-refractivity contribution in [3.8, 4) is 0 Å². The van der Waals surface area contributed by atoms with Crippen LogP contribution < -0.4 is 0 Å². The van der Waals surface area contributed by atoms with Gasteiger partial charge in [0.2, 0.25) is 0 Å². The summed E-state index contributed by atoms with van der Waals surface area (Å²) in [6, 6.07) is 27.3. The molecule has 0 aliphatic rings. The van der Waals surface area contributed by atoms with Crippen molar-refractivity contribution in [2.75, 3.05) is 11.5 Å². The average Bonchev–Trinajstić information content (AvgIpc) is 2.87. The minimum absolute atomic E-state index is 0.288. The molecule has 0 bridgehead atoms. The zero-order chi connectivity index (χ0) is 26.8. The molecule has 0 saturated carbocycles. The first-order valence-corrected chi connectivity index (χ1v) is 15.1. The molecule has 0 saturated heterocycles. The van der Waals surface area contributed by atoms with Crippen LogP contribution in [0.25, 0.3) is 0 Å². The van der Waals surface area contributed by atoms with Crippen LogP contribution >= 0.6 is 69.6 Å². The first kappa shape index (κ1) is 28.6. The molecule has 2 unspecified atom stereocenters. The third-order valence-electron chi connectivity index (χ3n) is 6.01. The number of halogens is 6. The molecule has 37 heavy (non-hydrogen) atoms. The van der Waals surface area contributed by atoms with Gasteiger partial charge in [-0.25, -0.2) is 8.42 Å². The van der Waals surface area contributed by atoms with E-state index in [1.165, 1.54) is 0 Å². The molecular formula is C28H20Cl6O2S. The molecule has 2 atom stereocenters. The Morgan fingerprint density at radius 3 is 1.24 bits per heavy atom. The van der Waals surface area contributed by atoms with Crippen molar-refractivity contribution in [1.82, 2.24) is 0 Å². The highest BCUT2D eigenvalue weighted by Gasteiger charge is 2.44. The molecule has 0 N–H and O–H groups in total. The van der Waals surface area contributed by atoms with E-state index in [1.807, 2.05) is 12.1 Å². The molecule has 4 aromatic carbocycles. The molecule has 0 amide bonds. The van der Waals surface area contributed by atoms with Gasteiger partial charge in [-0.2, -0.15) is 0 Å². The number of sulfone groups is 1. The summed E-state index contributed by atoms with van der Waals surface area (Å²) in [6.07, 6.45) is 0. The highest BCUT2D eigenvalue weighted by atomic mass is 35.5. The second kappa shape index (κ2) is 11.4. The molecule has 2 nitrogen and oxygen atoms in total. The maximum Gasteiger partial charge on any atom is 0.155 e. The minimum Gasteiger partial charge on any atom is -0.229 e. The summed E-state index contributed by atoms with van der Waals surface area (Å²) < 4.78 is 28.1. The monoisotopic (exact) mass is 630 g/mol. The Morgan fingerprint density at radius 1 is 0.541 bits per heavy atom. The van der Waals surface area contributed by atoms with Gasteiger partial charge in [-0.05, 0) is 58.7 Å². The van der Waals surface area contributed by atoms with Crippen LogP contribution in [0.2, 0.25) is 20.1 Å². The number of rotatable bonds is 8. The SMILES string of the molecule is O=S(=O)(CC(Cl)(c1ccccc1)c1cc(Cl)ccc1Cl)CC(Cl)(c1ccccc1)c1cc(Cl)ccc1Cl. The molecule has 9 heteroatoms. The zero-order valence-electron chi connectivity index (χ0n) is 19.1. The van der Waals surface area contributed by atoms with Gasteiger partial charge in [-0.15, -0.1) is 23.2 Å². The highest BCUT2D eigenvalue weighted by Crippen LogP contribution is 2.46. The molecule has 4 aromatic rings. The predicted octanol–water partition coefficient (Wildman–Crippen LogP) is 9.38. The van der Waals surface area contributed by atoms with Gasteiger partial charge >= 0.3 is 0 Å². The van der Waals surface area contributed by atoms with Gasteiger partial charge in [0.25, 0.3) is 0 Å². The Kier molecular flexibility index (Phi) is 8.77. The number of hydrogen-bond donors (Lipinski definition) is 0. The lowest BCUT2D eigenvalue weighted by molar-refractivity contribution is 0.580. The fraction of sp³-hybridized carbons (Fsp3) is 0.143. The normalized spacial score (nSPS) is 15.1. The Labute approximate surface area is 247 Å². The summed E-state index contributed by atoms with van der Waals surface area (Å²) >= 11 is 40.0. The van der Waals surface area contributed by atoms with E-state index in [-0.39, 0.29) is 10.0 Å². The van der Waals surface area contributed by atoms with Gasteiger partial charge < -0.3 is 0 Å². The topological polar surface area (TPSA) is 34.1 Å². The lowest BCUT2D eigenvalue weighted by Gasteiger charge is -2.33. The van der Waals surface area contributed by atoms with E-state index < -0.39 is 31.1 Å². The molecule has 0 spiro atoms. The zero-order valence-corrected chi connectivity index (χ0v) is 24.5. The van der Waals surface area contributed by atoms with Gasteiger partial charge in [0.15, 0.2) is 9.84 Å². The van der Waals surface area contributed by atoms with Crippen molar-refractivity contribution in [2.24, 2.45) is 0 Å². The number of hydrogen-bond acceptors (Lipinski definition) is 2. The van der Waals surface area contributed by atoms with Crippen LogP contribution in [0.4, 0.5) is 0 Å². The van der Waals surface area contributed by atoms with Crippen LogP contribution in [0.5, 0.6) is 0 Å². The Morgan fingerprint density at radius 2 is 0.892 bits per heavy atom. The Balaban J connectivity index is 1.86. The molecule has 0 aliphatic heterocycles. The van der Waals surface area contributed by atoms with Crippen molar-refractivity contribution < 1.29 is 8.42 Å².